The number of esters is 1. The molecule has 2 aromatic rings. The Balaban J connectivity index is 1.75. The van der Waals surface area contributed by atoms with Gasteiger partial charge in [0.05, 0.1) is 33.8 Å². The first kappa shape index (κ1) is 22.0. The second kappa shape index (κ2) is 10.4. The molecule has 8 heteroatoms. The van der Waals surface area contributed by atoms with E-state index in [-0.39, 0.29) is 12.3 Å². The molecule has 2 aromatic carbocycles. The van der Waals surface area contributed by atoms with Gasteiger partial charge in [-0.15, -0.1) is 0 Å². The SMILES string of the molecule is COC(=O)CC(NC(=O)/C=C/c1ccc2c(c1)OCCO2)c1ccc(OC)c(OC)c1. The Kier molecular flexibility index (Phi) is 7.37. The van der Waals surface area contributed by atoms with Crippen LogP contribution in [0.2, 0.25) is 0 Å². The van der Waals surface area contributed by atoms with Crippen LogP contribution in [0.15, 0.2) is 42.5 Å². The summed E-state index contributed by atoms with van der Waals surface area (Å²) in [6.45, 7) is 1.00. The summed E-state index contributed by atoms with van der Waals surface area (Å²) in [4.78, 5) is 24.5. The number of rotatable bonds is 8. The molecule has 0 bridgehead atoms. The summed E-state index contributed by atoms with van der Waals surface area (Å²) in [6.07, 6.45) is 3.03. The van der Waals surface area contributed by atoms with Crippen LogP contribution >= 0.6 is 0 Å². The fraction of sp³-hybridized carbons (Fsp3) is 0.304. The fourth-order valence-corrected chi connectivity index (χ4v) is 3.13. The van der Waals surface area contributed by atoms with Gasteiger partial charge < -0.3 is 29.0 Å². The molecular weight excluding hydrogens is 402 g/mol. The largest absolute Gasteiger partial charge is 0.493 e. The molecule has 1 atom stereocenters. The van der Waals surface area contributed by atoms with Gasteiger partial charge in [0.2, 0.25) is 5.91 Å². The molecular formula is C23H25NO7. The lowest BCUT2D eigenvalue weighted by Crippen LogP contribution is -2.29. The number of nitrogens with one attached hydrogen (secondary N) is 1. The monoisotopic (exact) mass is 427 g/mol. The van der Waals surface area contributed by atoms with Crippen LogP contribution in [-0.4, -0.2) is 46.4 Å². The van der Waals surface area contributed by atoms with Gasteiger partial charge in [0, 0.05) is 6.08 Å². The van der Waals surface area contributed by atoms with Crippen molar-refractivity contribution in [2.24, 2.45) is 0 Å². The molecule has 0 spiro atoms. The fourth-order valence-electron chi connectivity index (χ4n) is 3.13. The average molecular weight is 427 g/mol. The third-order valence-corrected chi connectivity index (χ3v) is 4.72. The first-order valence-electron chi connectivity index (χ1n) is 9.71. The Labute approximate surface area is 180 Å². The zero-order chi connectivity index (χ0) is 22.2. The number of carbonyl (C=O) groups excluding carboxylic acids is 2. The van der Waals surface area contributed by atoms with Gasteiger partial charge in [-0.1, -0.05) is 12.1 Å². The van der Waals surface area contributed by atoms with E-state index in [1.807, 2.05) is 6.07 Å². The van der Waals surface area contributed by atoms with Crippen molar-refractivity contribution in [3.8, 4) is 23.0 Å². The summed E-state index contributed by atoms with van der Waals surface area (Å²) in [6, 6.07) is 10.0. The van der Waals surface area contributed by atoms with Crippen LogP contribution in [0, 0.1) is 0 Å². The Hall–Kier alpha value is -3.68. The van der Waals surface area contributed by atoms with E-state index >= 15 is 0 Å². The first-order chi connectivity index (χ1) is 15.0. The van der Waals surface area contributed by atoms with Crippen molar-refractivity contribution in [2.75, 3.05) is 34.5 Å². The highest BCUT2D eigenvalue weighted by Crippen LogP contribution is 2.32. The van der Waals surface area contributed by atoms with Crippen LogP contribution in [0.4, 0.5) is 0 Å². The van der Waals surface area contributed by atoms with Crippen LogP contribution in [0.5, 0.6) is 23.0 Å². The Bertz CT molecular complexity index is 970. The minimum Gasteiger partial charge on any atom is -0.493 e. The van der Waals surface area contributed by atoms with Crippen LogP contribution in [0.1, 0.15) is 23.6 Å². The molecule has 0 aliphatic carbocycles. The van der Waals surface area contributed by atoms with E-state index in [0.717, 1.165) is 5.56 Å². The zero-order valence-corrected chi connectivity index (χ0v) is 17.7. The topological polar surface area (TPSA) is 92.3 Å². The molecule has 3 rings (SSSR count). The third kappa shape index (κ3) is 5.69. The van der Waals surface area contributed by atoms with Crippen LogP contribution in [0.25, 0.3) is 6.08 Å². The number of fused-ring (bicyclic) bond motifs is 1. The molecule has 164 valence electrons. The lowest BCUT2D eigenvalue weighted by atomic mass is 10.0. The highest BCUT2D eigenvalue weighted by atomic mass is 16.6. The lowest BCUT2D eigenvalue weighted by molar-refractivity contribution is -0.141. The Morgan fingerprint density at radius 3 is 2.45 bits per heavy atom. The molecule has 1 N–H and O–H groups in total. The number of hydrogen-bond acceptors (Lipinski definition) is 7. The summed E-state index contributed by atoms with van der Waals surface area (Å²) in [7, 11) is 4.36. The van der Waals surface area contributed by atoms with E-state index in [1.54, 1.807) is 36.4 Å². The highest BCUT2D eigenvalue weighted by molar-refractivity contribution is 5.92. The van der Waals surface area contributed by atoms with Crippen LogP contribution < -0.4 is 24.3 Å². The molecule has 0 fully saturated rings. The molecule has 1 aliphatic rings. The molecule has 1 heterocycles. The highest BCUT2D eigenvalue weighted by Gasteiger charge is 2.20. The van der Waals surface area contributed by atoms with E-state index in [9.17, 15) is 9.59 Å². The maximum Gasteiger partial charge on any atom is 0.307 e. The van der Waals surface area contributed by atoms with Crippen molar-refractivity contribution in [3.63, 3.8) is 0 Å². The van der Waals surface area contributed by atoms with Crippen LogP contribution in [-0.2, 0) is 14.3 Å². The summed E-state index contributed by atoms with van der Waals surface area (Å²) in [5.74, 6) is 1.56. The predicted octanol–water partition coefficient (Wildman–Crippen LogP) is 2.91. The van der Waals surface area contributed by atoms with E-state index in [4.69, 9.17) is 23.7 Å². The molecule has 0 saturated carbocycles. The van der Waals surface area contributed by atoms with Crippen molar-refractivity contribution < 1.29 is 33.3 Å². The second-order valence-electron chi connectivity index (χ2n) is 6.69. The van der Waals surface area contributed by atoms with Gasteiger partial charge in [-0.05, 0) is 41.5 Å². The maximum absolute atomic E-state index is 12.6. The Morgan fingerprint density at radius 1 is 1.00 bits per heavy atom. The second-order valence-corrected chi connectivity index (χ2v) is 6.69. The lowest BCUT2D eigenvalue weighted by Gasteiger charge is -2.19. The third-order valence-electron chi connectivity index (χ3n) is 4.72. The number of amides is 1. The number of ether oxygens (including phenoxy) is 5. The molecule has 8 nitrogen and oxygen atoms in total. The van der Waals surface area contributed by atoms with E-state index < -0.39 is 12.0 Å². The van der Waals surface area contributed by atoms with Gasteiger partial charge in [-0.25, -0.2) is 0 Å². The van der Waals surface area contributed by atoms with Gasteiger partial charge in [-0.3, -0.25) is 9.59 Å². The van der Waals surface area contributed by atoms with Gasteiger partial charge in [0.25, 0.3) is 0 Å². The molecule has 0 saturated heterocycles. The Morgan fingerprint density at radius 2 is 1.74 bits per heavy atom. The standard InChI is InChI=1S/C23H25NO7/c1-27-18-8-6-16(13-20(18)28-2)17(14-23(26)29-3)24-22(25)9-5-15-4-7-19-21(12-15)31-11-10-30-19/h4-9,12-13,17H,10-11,14H2,1-3H3,(H,24,25)/b9-5+. The molecule has 0 radical (unpaired) electrons. The molecule has 1 aliphatic heterocycles. The normalized spacial score (nSPS) is 13.4. The van der Waals surface area contributed by atoms with Crippen molar-refractivity contribution in [1.82, 2.24) is 5.32 Å². The van der Waals surface area contributed by atoms with Crippen molar-refractivity contribution in [3.05, 3.63) is 53.6 Å². The summed E-state index contributed by atoms with van der Waals surface area (Å²) >= 11 is 0. The van der Waals surface area contributed by atoms with Gasteiger partial charge >= 0.3 is 5.97 Å². The zero-order valence-electron chi connectivity index (χ0n) is 17.7. The summed E-state index contributed by atoms with van der Waals surface area (Å²) in [5, 5.41) is 2.84. The quantitative estimate of drug-likeness (QED) is 0.512. The minimum absolute atomic E-state index is 0.0322. The van der Waals surface area contributed by atoms with Gasteiger partial charge in [0.1, 0.15) is 13.2 Å². The number of carbonyl (C=O) groups is 2. The van der Waals surface area contributed by atoms with E-state index in [2.05, 4.69) is 5.32 Å². The minimum atomic E-state index is -0.607. The smallest absolute Gasteiger partial charge is 0.307 e. The molecule has 1 unspecified atom stereocenters. The van der Waals surface area contributed by atoms with Crippen LogP contribution in [0.3, 0.4) is 0 Å². The summed E-state index contributed by atoms with van der Waals surface area (Å²) in [5.41, 5.74) is 1.47. The molecule has 1 amide bonds. The maximum atomic E-state index is 12.6. The average Bonchev–Trinajstić information content (AvgIpc) is 2.81. The number of hydrogen-bond donors (Lipinski definition) is 1. The van der Waals surface area contributed by atoms with Crippen molar-refractivity contribution in [2.45, 2.75) is 12.5 Å². The first-order valence-corrected chi connectivity index (χ1v) is 9.71. The van der Waals surface area contributed by atoms with Crippen molar-refractivity contribution in [1.29, 1.82) is 0 Å². The molecule has 31 heavy (non-hydrogen) atoms. The molecule has 0 aromatic heterocycles. The summed E-state index contributed by atoms with van der Waals surface area (Å²) < 4.78 is 26.4. The predicted molar refractivity (Wildman–Crippen MR) is 114 cm³/mol. The number of benzene rings is 2. The van der Waals surface area contributed by atoms with E-state index in [0.29, 0.717) is 41.8 Å². The van der Waals surface area contributed by atoms with Crippen molar-refractivity contribution >= 4 is 18.0 Å². The van der Waals surface area contributed by atoms with Gasteiger partial charge in [-0.2, -0.15) is 0 Å². The van der Waals surface area contributed by atoms with E-state index in [1.165, 1.54) is 27.4 Å². The van der Waals surface area contributed by atoms with Gasteiger partial charge in [0.15, 0.2) is 23.0 Å². The number of methoxy groups -OCH3 is 3.